The molecule has 6 heteroatoms. The van der Waals surface area contributed by atoms with E-state index < -0.39 is 11.6 Å². The molecule has 3 rings (SSSR count). The summed E-state index contributed by atoms with van der Waals surface area (Å²) in [4.78, 5) is 13.9. The highest BCUT2D eigenvalue weighted by Crippen LogP contribution is 2.40. The average Bonchev–Trinajstić information content (AvgIpc) is 2.79. The van der Waals surface area contributed by atoms with E-state index >= 15 is 0 Å². The lowest BCUT2D eigenvalue weighted by Gasteiger charge is -2.52. The van der Waals surface area contributed by atoms with Crippen LogP contribution in [0.5, 0.6) is 5.75 Å². The number of carboxylic acid groups (broad SMARTS) is 1. The average molecular weight is 441 g/mol. The van der Waals surface area contributed by atoms with Crippen molar-refractivity contribution in [2.75, 3.05) is 36.6 Å². The number of carbonyl (C=O) groups is 1. The van der Waals surface area contributed by atoms with Crippen LogP contribution in [-0.2, 0) is 9.53 Å². The fraction of sp³-hybridized carbons (Fsp3) is 0.500. The molecule has 2 atom stereocenters. The van der Waals surface area contributed by atoms with E-state index in [9.17, 15) is 9.90 Å². The fourth-order valence-corrected chi connectivity index (χ4v) is 4.54. The number of carboxylic acids is 1. The molecule has 1 unspecified atom stereocenters. The summed E-state index contributed by atoms with van der Waals surface area (Å²) in [6.07, 6.45) is 0.896. The summed E-state index contributed by atoms with van der Waals surface area (Å²) in [7, 11) is 0. The van der Waals surface area contributed by atoms with Crippen molar-refractivity contribution in [2.24, 2.45) is 5.92 Å². The Hall–Kier alpha value is -2.73. The van der Waals surface area contributed by atoms with Crippen molar-refractivity contribution in [1.29, 1.82) is 0 Å². The number of morpholine rings is 1. The number of aliphatic carboxylic acids is 1. The minimum atomic E-state index is -0.767. The van der Waals surface area contributed by atoms with E-state index in [0.29, 0.717) is 19.8 Å². The first-order valence-corrected chi connectivity index (χ1v) is 11.6. The molecule has 0 radical (unpaired) electrons. The van der Waals surface area contributed by atoms with Crippen LogP contribution in [0.1, 0.15) is 52.0 Å². The summed E-state index contributed by atoms with van der Waals surface area (Å²) in [5.41, 5.74) is 2.68. The lowest BCUT2D eigenvalue weighted by Crippen LogP contribution is -2.65. The molecule has 1 fully saturated rings. The van der Waals surface area contributed by atoms with Gasteiger partial charge in [-0.25, -0.2) is 0 Å². The Balaban J connectivity index is 2.01. The van der Waals surface area contributed by atoms with Gasteiger partial charge in [-0.2, -0.15) is 0 Å². The second-order valence-corrected chi connectivity index (χ2v) is 8.63. The largest absolute Gasteiger partial charge is 0.494 e. The van der Waals surface area contributed by atoms with Gasteiger partial charge in [-0.15, -0.1) is 0 Å². The highest BCUT2D eigenvalue weighted by atomic mass is 16.5. The molecule has 1 heterocycles. The van der Waals surface area contributed by atoms with Crippen molar-refractivity contribution < 1.29 is 19.4 Å². The van der Waals surface area contributed by atoms with Gasteiger partial charge in [0, 0.05) is 17.9 Å². The number of para-hydroxylation sites is 1. The minimum absolute atomic E-state index is 0.0399. The molecule has 1 aliphatic heterocycles. The highest BCUT2D eigenvalue weighted by molar-refractivity contribution is 5.70. The minimum Gasteiger partial charge on any atom is -0.494 e. The molecule has 0 amide bonds. The molecule has 0 spiro atoms. The summed E-state index contributed by atoms with van der Waals surface area (Å²) >= 11 is 0. The quantitative estimate of drug-likeness (QED) is 0.519. The molecule has 0 aliphatic carbocycles. The number of benzene rings is 2. The van der Waals surface area contributed by atoms with Gasteiger partial charge in [0.2, 0.25) is 0 Å². The zero-order valence-electron chi connectivity index (χ0n) is 19.6. The first kappa shape index (κ1) is 23.9. The molecule has 1 saturated heterocycles. The van der Waals surface area contributed by atoms with E-state index in [4.69, 9.17) is 9.47 Å². The number of hydrogen-bond donors (Lipinski definition) is 2. The van der Waals surface area contributed by atoms with Crippen LogP contribution >= 0.6 is 0 Å². The SMILES string of the molecule is CCOc1ccc(N[C@@]2(C(C)C)COCCN2c2ccccc2C(CC)CC(=O)O)cc1. The normalized spacial score (nSPS) is 19.6. The van der Waals surface area contributed by atoms with E-state index in [2.05, 4.69) is 43.1 Å². The molecule has 0 bridgehead atoms. The number of anilines is 2. The summed E-state index contributed by atoms with van der Waals surface area (Å²) in [5, 5.41) is 13.2. The van der Waals surface area contributed by atoms with E-state index in [1.54, 1.807) is 0 Å². The van der Waals surface area contributed by atoms with Crippen LogP contribution in [-0.4, -0.2) is 43.1 Å². The van der Waals surface area contributed by atoms with E-state index in [0.717, 1.165) is 35.7 Å². The second kappa shape index (κ2) is 10.7. The maximum absolute atomic E-state index is 11.5. The number of ether oxygens (including phenoxy) is 2. The Labute approximate surface area is 191 Å². The van der Waals surface area contributed by atoms with Gasteiger partial charge in [-0.05, 0) is 61.1 Å². The van der Waals surface area contributed by atoms with Crippen LogP contribution in [0, 0.1) is 5.92 Å². The Morgan fingerprint density at radius 1 is 1.19 bits per heavy atom. The molecule has 0 saturated carbocycles. The zero-order valence-corrected chi connectivity index (χ0v) is 19.6. The molecule has 2 aromatic rings. The zero-order chi connectivity index (χ0) is 23.1. The van der Waals surface area contributed by atoms with Gasteiger partial charge in [-0.3, -0.25) is 4.79 Å². The molecular weight excluding hydrogens is 404 g/mol. The standard InChI is InChI=1S/C26H36N2O4/c1-5-20(17-25(29)30)23-9-7-8-10-24(23)28-15-16-31-18-26(28,19(3)4)27-21-11-13-22(14-12-21)32-6-2/h7-14,19-20,27H,5-6,15-18H2,1-4H3,(H,29,30)/t20?,26-/m0/s1. The van der Waals surface area contributed by atoms with Gasteiger partial charge in [0.1, 0.15) is 11.4 Å². The van der Waals surface area contributed by atoms with Crippen LogP contribution in [0.4, 0.5) is 11.4 Å². The Kier molecular flexibility index (Phi) is 8.02. The molecular formula is C26H36N2O4. The molecule has 2 aromatic carbocycles. The van der Waals surface area contributed by atoms with Crippen LogP contribution < -0.4 is 15.0 Å². The van der Waals surface area contributed by atoms with Gasteiger partial charge in [0.05, 0.1) is 26.2 Å². The van der Waals surface area contributed by atoms with Gasteiger partial charge in [0.25, 0.3) is 0 Å². The summed E-state index contributed by atoms with van der Waals surface area (Å²) < 4.78 is 11.6. The summed E-state index contributed by atoms with van der Waals surface area (Å²) in [5.74, 6) is 0.262. The van der Waals surface area contributed by atoms with Crippen LogP contribution in [0.15, 0.2) is 48.5 Å². The molecule has 1 aliphatic rings. The number of nitrogens with zero attached hydrogens (tertiary/aromatic N) is 1. The molecule has 32 heavy (non-hydrogen) atoms. The molecule has 6 nitrogen and oxygen atoms in total. The van der Waals surface area contributed by atoms with Crippen molar-refractivity contribution in [3.05, 3.63) is 54.1 Å². The molecule has 174 valence electrons. The summed E-state index contributed by atoms with van der Waals surface area (Å²) in [6.45, 7) is 10.9. The summed E-state index contributed by atoms with van der Waals surface area (Å²) in [6, 6.07) is 16.2. The number of rotatable bonds is 10. The van der Waals surface area contributed by atoms with Crippen LogP contribution in [0.2, 0.25) is 0 Å². The lowest BCUT2D eigenvalue weighted by molar-refractivity contribution is -0.137. The van der Waals surface area contributed by atoms with Crippen LogP contribution in [0.3, 0.4) is 0 Å². The van der Waals surface area contributed by atoms with E-state index in [1.165, 1.54) is 0 Å². The van der Waals surface area contributed by atoms with Crippen molar-refractivity contribution in [3.63, 3.8) is 0 Å². The van der Waals surface area contributed by atoms with Crippen molar-refractivity contribution in [1.82, 2.24) is 0 Å². The Morgan fingerprint density at radius 3 is 2.53 bits per heavy atom. The van der Waals surface area contributed by atoms with Gasteiger partial charge < -0.3 is 24.8 Å². The smallest absolute Gasteiger partial charge is 0.303 e. The Morgan fingerprint density at radius 2 is 1.91 bits per heavy atom. The van der Waals surface area contributed by atoms with Gasteiger partial charge in [0.15, 0.2) is 0 Å². The third-order valence-corrected chi connectivity index (χ3v) is 6.33. The number of nitrogens with one attached hydrogen (secondary N) is 1. The fourth-order valence-electron chi connectivity index (χ4n) is 4.54. The van der Waals surface area contributed by atoms with Crippen molar-refractivity contribution in [2.45, 2.75) is 52.1 Å². The van der Waals surface area contributed by atoms with Crippen LogP contribution in [0.25, 0.3) is 0 Å². The third kappa shape index (κ3) is 5.18. The van der Waals surface area contributed by atoms with E-state index in [-0.39, 0.29) is 18.3 Å². The van der Waals surface area contributed by atoms with E-state index in [1.807, 2.05) is 43.3 Å². The predicted octanol–water partition coefficient (Wildman–Crippen LogP) is 5.35. The van der Waals surface area contributed by atoms with Gasteiger partial charge >= 0.3 is 5.97 Å². The first-order chi connectivity index (χ1) is 15.4. The second-order valence-electron chi connectivity index (χ2n) is 8.63. The predicted molar refractivity (Wildman–Crippen MR) is 129 cm³/mol. The maximum atomic E-state index is 11.5. The first-order valence-electron chi connectivity index (χ1n) is 11.6. The third-order valence-electron chi connectivity index (χ3n) is 6.33. The Bertz CT molecular complexity index is 884. The topological polar surface area (TPSA) is 71.0 Å². The molecule has 2 N–H and O–H groups in total. The van der Waals surface area contributed by atoms with Crippen molar-refractivity contribution >= 4 is 17.3 Å². The molecule has 0 aromatic heterocycles. The maximum Gasteiger partial charge on any atom is 0.303 e. The van der Waals surface area contributed by atoms with Crippen molar-refractivity contribution in [3.8, 4) is 5.75 Å². The number of hydrogen-bond acceptors (Lipinski definition) is 5. The highest BCUT2D eigenvalue weighted by Gasteiger charge is 2.44. The van der Waals surface area contributed by atoms with Gasteiger partial charge in [-0.1, -0.05) is 39.0 Å². The lowest BCUT2D eigenvalue weighted by atomic mass is 9.87. The monoisotopic (exact) mass is 440 g/mol.